The average Bonchev–Trinajstić information content (AvgIpc) is 3.33. The van der Waals surface area contributed by atoms with Crippen molar-refractivity contribution in [1.82, 2.24) is 0 Å². The van der Waals surface area contributed by atoms with E-state index < -0.39 is 0 Å². The molecule has 2 fully saturated rings. The van der Waals surface area contributed by atoms with Gasteiger partial charge in [0.15, 0.2) is 6.29 Å². The SMILES string of the molecule is CCCCCC1(c2ccc(-c3ccc(COC4CCCO4)cc3)cc2)CCCCC1. The zero-order chi connectivity index (χ0) is 20.7. The highest BCUT2D eigenvalue weighted by Gasteiger charge is 2.33. The fourth-order valence-electron chi connectivity index (χ4n) is 5.30. The summed E-state index contributed by atoms with van der Waals surface area (Å²) in [6.07, 6.45) is 14.5. The Morgan fingerprint density at radius 2 is 1.57 bits per heavy atom. The lowest BCUT2D eigenvalue weighted by atomic mass is 9.66. The Bertz CT molecular complexity index is 750. The van der Waals surface area contributed by atoms with Crippen molar-refractivity contribution >= 4 is 0 Å². The van der Waals surface area contributed by atoms with E-state index in [1.54, 1.807) is 5.56 Å². The number of benzene rings is 2. The second kappa shape index (κ2) is 10.6. The first kappa shape index (κ1) is 21.6. The van der Waals surface area contributed by atoms with Gasteiger partial charge in [0.25, 0.3) is 0 Å². The molecule has 1 aliphatic heterocycles. The average molecular weight is 407 g/mol. The van der Waals surface area contributed by atoms with E-state index >= 15 is 0 Å². The molecule has 1 aliphatic carbocycles. The fraction of sp³-hybridized carbons (Fsp3) is 0.571. The molecule has 162 valence electrons. The van der Waals surface area contributed by atoms with Crippen molar-refractivity contribution in [3.8, 4) is 11.1 Å². The molecular weight excluding hydrogens is 368 g/mol. The Balaban J connectivity index is 1.41. The van der Waals surface area contributed by atoms with Crippen LogP contribution in [0.15, 0.2) is 48.5 Å². The molecule has 2 heteroatoms. The minimum atomic E-state index is -0.0124. The number of ether oxygens (including phenoxy) is 2. The summed E-state index contributed by atoms with van der Waals surface area (Å²) in [7, 11) is 0. The van der Waals surface area contributed by atoms with Crippen LogP contribution in [0.25, 0.3) is 11.1 Å². The largest absolute Gasteiger partial charge is 0.353 e. The minimum absolute atomic E-state index is 0.0124. The van der Waals surface area contributed by atoms with Crippen molar-refractivity contribution in [2.24, 2.45) is 0 Å². The number of hydrogen-bond donors (Lipinski definition) is 0. The van der Waals surface area contributed by atoms with E-state index in [4.69, 9.17) is 9.47 Å². The summed E-state index contributed by atoms with van der Waals surface area (Å²) in [5, 5.41) is 0. The normalized spacial score (nSPS) is 21.0. The molecule has 0 aromatic heterocycles. The molecule has 0 amide bonds. The fourth-order valence-corrected chi connectivity index (χ4v) is 5.30. The van der Waals surface area contributed by atoms with Gasteiger partial charge in [-0.15, -0.1) is 0 Å². The Morgan fingerprint density at radius 3 is 2.20 bits per heavy atom. The first-order valence-electron chi connectivity index (χ1n) is 12.2. The maximum atomic E-state index is 5.85. The lowest BCUT2D eigenvalue weighted by Gasteiger charge is -2.38. The minimum Gasteiger partial charge on any atom is -0.353 e. The van der Waals surface area contributed by atoms with E-state index in [1.807, 2.05) is 0 Å². The second-order valence-electron chi connectivity index (χ2n) is 9.33. The van der Waals surface area contributed by atoms with E-state index in [0.717, 1.165) is 19.4 Å². The van der Waals surface area contributed by atoms with E-state index in [1.165, 1.54) is 74.5 Å². The standard InChI is InChI=1S/C28H38O2/c1-2-3-5-18-28(19-6-4-7-20-28)26-16-14-25(15-17-26)24-12-10-23(11-13-24)22-30-27-9-8-21-29-27/h10-17,27H,2-9,18-22H2,1H3. The maximum absolute atomic E-state index is 5.85. The summed E-state index contributed by atoms with van der Waals surface area (Å²) in [6, 6.07) is 18.3. The van der Waals surface area contributed by atoms with Crippen LogP contribution in [0.2, 0.25) is 0 Å². The summed E-state index contributed by atoms with van der Waals surface area (Å²) >= 11 is 0. The van der Waals surface area contributed by atoms with Crippen molar-refractivity contribution in [3.63, 3.8) is 0 Å². The third-order valence-corrected chi connectivity index (χ3v) is 7.18. The van der Waals surface area contributed by atoms with E-state index in [9.17, 15) is 0 Å². The predicted molar refractivity (Wildman–Crippen MR) is 125 cm³/mol. The Hall–Kier alpha value is -1.64. The van der Waals surface area contributed by atoms with Gasteiger partial charge in [0.2, 0.25) is 0 Å². The molecule has 2 aliphatic rings. The summed E-state index contributed by atoms with van der Waals surface area (Å²) in [5.74, 6) is 0. The molecule has 2 aromatic rings. The van der Waals surface area contributed by atoms with Crippen LogP contribution < -0.4 is 0 Å². The van der Waals surface area contributed by atoms with Crippen molar-refractivity contribution in [3.05, 3.63) is 59.7 Å². The molecule has 2 aromatic carbocycles. The van der Waals surface area contributed by atoms with Crippen LogP contribution in [-0.4, -0.2) is 12.9 Å². The van der Waals surface area contributed by atoms with Crippen molar-refractivity contribution in [1.29, 1.82) is 0 Å². The first-order chi connectivity index (χ1) is 14.8. The number of rotatable bonds is 9. The van der Waals surface area contributed by atoms with Gasteiger partial charge in [0, 0.05) is 13.0 Å². The van der Waals surface area contributed by atoms with Gasteiger partial charge < -0.3 is 9.47 Å². The summed E-state index contributed by atoms with van der Waals surface area (Å²) in [6.45, 7) is 3.77. The zero-order valence-corrected chi connectivity index (χ0v) is 18.7. The van der Waals surface area contributed by atoms with Crippen LogP contribution in [0.1, 0.15) is 88.7 Å². The van der Waals surface area contributed by atoms with E-state index in [0.29, 0.717) is 12.0 Å². The van der Waals surface area contributed by atoms with Crippen LogP contribution in [0.5, 0.6) is 0 Å². The molecule has 1 atom stereocenters. The third-order valence-electron chi connectivity index (χ3n) is 7.18. The lowest BCUT2D eigenvalue weighted by Crippen LogP contribution is -2.29. The lowest BCUT2D eigenvalue weighted by molar-refractivity contribution is -0.118. The van der Waals surface area contributed by atoms with E-state index in [2.05, 4.69) is 55.5 Å². The molecule has 4 rings (SSSR count). The van der Waals surface area contributed by atoms with Crippen LogP contribution >= 0.6 is 0 Å². The van der Waals surface area contributed by atoms with Gasteiger partial charge in [-0.25, -0.2) is 0 Å². The maximum Gasteiger partial charge on any atom is 0.158 e. The molecule has 1 saturated heterocycles. The Morgan fingerprint density at radius 1 is 0.867 bits per heavy atom. The smallest absolute Gasteiger partial charge is 0.158 e. The molecule has 2 nitrogen and oxygen atoms in total. The summed E-state index contributed by atoms with van der Waals surface area (Å²) in [5.41, 5.74) is 5.80. The highest BCUT2D eigenvalue weighted by molar-refractivity contribution is 5.64. The zero-order valence-electron chi connectivity index (χ0n) is 18.7. The van der Waals surface area contributed by atoms with Gasteiger partial charge in [-0.05, 0) is 53.4 Å². The van der Waals surface area contributed by atoms with Crippen LogP contribution in [-0.2, 0) is 21.5 Å². The monoisotopic (exact) mass is 406 g/mol. The molecule has 1 heterocycles. The molecule has 30 heavy (non-hydrogen) atoms. The molecule has 0 spiro atoms. The van der Waals surface area contributed by atoms with Crippen LogP contribution in [0.4, 0.5) is 0 Å². The van der Waals surface area contributed by atoms with E-state index in [-0.39, 0.29) is 6.29 Å². The Kier molecular flexibility index (Phi) is 7.62. The highest BCUT2D eigenvalue weighted by Crippen LogP contribution is 2.43. The van der Waals surface area contributed by atoms with Crippen molar-refractivity contribution in [2.45, 2.75) is 95.9 Å². The van der Waals surface area contributed by atoms with Crippen molar-refractivity contribution in [2.75, 3.05) is 6.61 Å². The molecule has 0 N–H and O–H groups in total. The summed E-state index contributed by atoms with van der Waals surface area (Å²) in [4.78, 5) is 0. The molecule has 1 saturated carbocycles. The Labute approximate surface area is 183 Å². The highest BCUT2D eigenvalue weighted by atomic mass is 16.7. The van der Waals surface area contributed by atoms with Gasteiger partial charge in [0.1, 0.15) is 0 Å². The molecular formula is C28H38O2. The summed E-state index contributed by atoms with van der Waals surface area (Å²) < 4.78 is 11.4. The molecule has 0 radical (unpaired) electrons. The predicted octanol–water partition coefficient (Wildman–Crippen LogP) is 7.79. The first-order valence-corrected chi connectivity index (χ1v) is 12.2. The number of hydrogen-bond acceptors (Lipinski definition) is 2. The van der Waals surface area contributed by atoms with Gasteiger partial charge in [-0.1, -0.05) is 94.0 Å². The third kappa shape index (κ3) is 5.34. The van der Waals surface area contributed by atoms with Gasteiger partial charge in [-0.3, -0.25) is 0 Å². The second-order valence-corrected chi connectivity index (χ2v) is 9.33. The van der Waals surface area contributed by atoms with Crippen LogP contribution in [0.3, 0.4) is 0 Å². The van der Waals surface area contributed by atoms with Gasteiger partial charge in [-0.2, -0.15) is 0 Å². The van der Waals surface area contributed by atoms with Gasteiger partial charge in [0.05, 0.1) is 6.61 Å². The quantitative estimate of drug-likeness (QED) is 0.396. The van der Waals surface area contributed by atoms with Gasteiger partial charge >= 0.3 is 0 Å². The van der Waals surface area contributed by atoms with Crippen LogP contribution in [0, 0.1) is 0 Å². The topological polar surface area (TPSA) is 18.5 Å². The molecule has 0 bridgehead atoms. The molecule has 1 unspecified atom stereocenters. The van der Waals surface area contributed by atoms with Crippen molar-refractivity contribution < 1.29 is 9.47 Å². The number of unbranched alkanes of at least 4 members (excludes halogenated alkanes) is 2.